The monoisotopic (exact) mass is 413 g/mol. The first-order valence-electron chi connectivity index (χ1n) is 9.86. The van der Waals surface area contributed by atoms with Gasteiger partial charge in [0.2, 0.25) is 0 Å². The molecule has 0 radical (unpaired) electrons. The zero-order chi connectivity index (χ0) is 17.8. The summed E-state index contributed by atoms with van der Waals surface area (Å²) in [6.07, 6.45) is 5.07. The van der Waals surface area contributed by atoms with Crippen LogP contribution in [0, 0.1) is 0 Å². The van der Waals surface area contributed by atoms with Crippen LogP contribution in [0.3, 0.4) is 0 Å². The number of anilines is 2. The summed E-state index contributed by atoms with van der Waals surface area (Å²) in [6, 6.07) is 21.0. The molecule has 1 N–H and O–H groups in total. The van der Waals surface area contributed by atoms with Gasteiger partial charge in [-0.3, -0.25) is 0 Å². The molecule has 0 saturated carbocycles. The van der Waals surface area contributed by atoms with Gasteiger partial charge in [0.25, 0.3) is 0 Å². The fourth-order valence-corrected chi connectivity index (χ4v) is 4.71. The maximum Gasteiger partial charge on any atom is 0.0414 e. The average Bonchev–Trinajstić information content (AvgIpc) is 2.72. The Bertz CT molecular complexity index is 674. The molecule has 3 nitrogen and oxygen atoms in total. The van der Waals surface area contributed by atoms with Crippen molar-refractivity contribution >= 4 is 27.3 Å². The van der Waals surface area contributed by atoms with Gasteiger partial charge in [0.1, 0.15) is 0 Å². The molecule has 2 fully saturated rings. The molecular formula is C22H28BrN3. The van der Waals surface area contributed by atoms with Gasteiger partial charge in [0.05, 0.1) is 0 Å². The van der Waals surface area contributed by atoms with Crippen LogP contribution >= 0.6 is 15.9 Å². The molecule has 2 saturated heterocycles. The molecule has 0 unspecified atom stereocenters. The lowest BCUT2D eigenvalue weighted by atomic mass is 9.97. The number of likely N-dealkylation sites (tertiary alicyclic amines) is 1. The maximum atomic E-state index is 3.57. The molecule has 26 heavy (non-hydrogen) atoms. The SMILES string of the molecule is Brc1ccc(N(c2ccccc2)C2CCN(C3CCNCC3)CC2)cc1. The second kappa shape index (κ2) is 8.55. The highest BCUT2D eigenvalue weighted by atomic mass is 79.9. The topological polar surface area (TPSA) is 18.5 Å². The normalized spacial score (nSPS) is 20.2. The van der Waals surface area contributed by atoms with Crippen molar-refractivity contribution < 1.29 is 0 Å². The van der Waals surface area contributed by atoms with Gasteiger partial charge in [0.15, 0.2) is 0 Å². The molecule has 2 aromatic carbocycles. The van der Waals surface area contributed by atoms with Crippen LogP contribution in [0.15, 0.2) is 59.1 Å². The molecule has 2 aromatic rings. The van der Waals surface area contributed by atoms with E-state index >= 15 is 0 Å². The van der Waals surface area contributed by atoms with Crippen LogP contribution in [0.1, 0.15) is 25.7 Å². The van der Waals surface area contributed by atoms with Crippen molar-refractivity contribution in [2.75, 3.05) is 31.1 Å². The van der Waals surface area contributed by atoms with Crippen LogP contribution in [-0.2, 0) is 0 Å². The van der Waals surface area contributed by atoms with Gasteiger partial charge < -0.3 is 15.1 Å². The quantitative estimate of drug-likeness (QED) is 0.775. The van der Waals surface area contributed by atoms with Crippen LogP contribution in [0.2, 0.25) is 0 Å². The predicted molar refractivity (Wildman–Crippen MR) is 113 cm³/mol. The van der Waals surface area contributed by atoms with Crippen LogP contribution < -0.4 is 10.2 Å². The van der Waals surface area contributed by atoms with Crippen molar-refractivity contribution in [3.63, 3.8) is 0 Å². The second-order valence-electron chi connectivity index (χ2n) is 7.43. The van der Waals surface area contributed by atoms with Crippen molar-refractivity contribution in [3.05, 3.63) is 59.1 Å². The lowest BCUT2D eigenvalue weighted by Gasteiger charge is -2.43. The van der Waals surface area contributed by atoms with Crippen LogP contribution in [-0.4, -0.2) is 43.2 Å². The molecule has 0 atom stereocenters. The standard InChI is InChI=1S/C22H28BrN3/c23-18-6-8-21(9-7-18)26(20-4-2-1-3-5-20)22-12-16-25(17-13-22)19-10-14-24-15-11-19/h1-9,19,22,24H,10-17H2. The summed E-state index contributed by atoms with van der Waals surface area (Å²) >= 11 is 3.57. The molecule has 2 aliphatic heterocycles. The minimum atomic E-state index is 0.566. The molecule has 2 heterocycles. The number of para-hydroxylation sites is 1. The lowest BCUT2D eigenvalue weighted by molar-refractivity contribution is 0.127. The zero-order valence-electron chi connectivity index (χ0n) is 15.3. The third-order valence-electron chi connectivity index (χ3n) is 5.83. The van der Waals surface area contributed by atoms with Crippen molar-refractivity contribution in [3.8, 4) is 0 Å². The van der Waals surface area contributed by atoms with Crippen LogP contribution in [0.4, 0.5) is 11.4 Å². The first kappa shape index (κ1) is 18.0. The maximum absolute atomic E-state index is 3.57. The van der Waals surface area contributed by atoms with E-state index in [9.17, 15) is 0 Å². The average molecular weight is 414 g/mol. The highest BCUT2D eigenvalue weighted by Crippen LogP contribution is 2.33. The first-order chi connectivity index (χ1) is 12.8. The van der Waals surface area contributed by atoms with E-state index < -0.39 is 0 Å². The minimum Gasteiger partial charge on any atom is -0.338 e. The van der Waals surface area contributed by atoms with E-state index in [1.165, 1.54) is 63.2 Å². The Kier molecular flexibility index (Phi) is 5.93. The van der Waals surface area contributed by atoms with Gasteiger partial charge in [-0.25, -0.2) is 0 Å². The summed E-state index contributed by atoms with van der Waals surface area (Å²) in [7, 11) is 0. The van der Waals surface area contributed by atoms with E-state index in [0.29, 0.717) is 6.04 Å². The molecule has 4 rings (SSSR count). The number of halogens is 1. The lowest BCUT2D eigenvalue weighted by Crippen LogP contribution is -2.49. The zero-order valence-corrected chi connectivity index (χ0v) is 16.9. The Morgan fingerprint density at radius 1 is 0.808 bits per heavy atom. The molecule has 4 heteroatoms. The summed E-state index contributed by atoms with van der Waals surface area (Å²) in [5.41, 5.74) is 2.59. The van der Waals surface area contributed by atoms with Crippen molar-refractivity contribution in [1.82, 2.24) is 10.2 Å². The predicted octanol–water partition coefficient (Wildman–Crippen LogP) is 4.80. The fraction of sp³-hybridized carbons (Fsp3) is 0.455. The Hall–Kier alpha value is -1.36. The number of nitrogens with zero attached hydrogens (tertiary/aromatic N) is 2. The van der Waals surface area contributed by atoms with E-state index in [1.807, 2.05) is 0 Å². The van der Waals surface area contributed by atoms with Crippen molar-refractivity contribution in [2.45, 2.75) is 37.8 Å². The van der Waals surface area contributed by atoms with Gasteiger partial charge in [-0.1, -0.05) is 34.1 Å². The van der Waals surface area contributed by atoms with Crippen LogP contribution in [0.25, 0.3) is 0 Å². The van der Waals surface area contributed by atoms with Crippen molar-refractivity contribution in [2.24, 2.45) is 0 Å². The second-order valence-corrected chi connectivity index (χ2v) is 8.35. The van der Waals surface area contributed by atoms with Crippen molar-refractivity contribution in [1.29, 1.82) is 0 Å². The number of hydrogen-bond acceptors (Lipinski definition) is 3. The Morgan fingerprint density at radius 3 is 2.08 bits per heavy atom. The molecule has 0 bridgehead atoms. The highest BCUT2D eigenvalue weighted by Gasteiger charge is 2.29. The molecule has 2 aliphatic rings. The number of rotatable bonds is 4. The number of hydrogen-bond donors (Lipinski definition) is 1. The molecule has 0 amide bonds. The number of nitrogens with one attached hydrogen (secondary N) is 1. The van der Waals surface area contributed by atoms with E-state index in [0.717, 1.165) is 10.5 Å². The van der Waals surface area contributed by atoms with E-state index in [2.05, 4.69) is 85.6 Å². The Morgan fingerprint density at radius 2 is 1.42 bits per heavy atom. The third-order valence-corrected chi connectivity index (χ3v) is 6.36. The van der Waals surface area contributed by atoms with E-state index in [-0.39, 0.29) is 0 Å². The summed E-state index contributed by atoms with van der Waals surface area (Å²) in [5.74, 6) is 0. The van der Waals surface area contributed by atoms with E-state index in [4.69, 9.17) is 0 Å². The van der Waals surface area contributed by atoms with Gasteiger partial charge in [-0.2, -0.15) is 0 Å². The van der Waals surface area contributed by atoms with Gasteiger partial charge in [-0.15, -0.1) is 0 Å². The van der Waals surface area contributed by atoms with E-state index in [1.54, 1.807) is 0 Å². The molecule has 0 spiro atoms. The van der Waals surface area contributed by atoms with Gasteiger partial charge >= 0.3 is 0 Å². The van der Waals surface area contributed by atoms with Gasteiger partial charge in [-0.05, 0) is 75.2 Å². The Labute approximate surface area is 165 Å². The molecule has 138 valence electrons. The molecule has 0 aromatic heterocycles. The molecule has 0 aliphatic carbocycles. The first-order valence-corrected chi connectivity index (χ1v) is 10.7. The van der Waals surface area contributed by atoms with Gasteiger partial charge in [0, 0.05) is 41.0 Å². The minimum absolute atomic E-state index is 0.566. The fourth-order valence-electron chi connectivity index (χ4n) is 4.44. The summed E-state index contributed by atoms with van der Waals surface area (Å²) < 4.78 is 1.13. The highest BCUT2D eigenvalue weighted by molar-refractivity contribution is 9.10. The third kappa shape index (κ3) is 4.13. The van der Waals surface area contributed by atoms with Crippen LogP contribution in [0.5, 0.6) is 0 Å². The largest absolute Gasteiger partial charge is 0.338 e. The Balaban J connectivity index is 1.51. The number of piperidine rings is 2. The summed E-state index contributed by atoms with van der Waals surface area (Å²) in [4.78, 5) is 5.29. The summed E-state index contributed by atoms with van der Waals surface area (Å²) in [5, 5.41) is 3.49. The molecular weight excluding hydrogens is 386 g/mol. The smallest absolute Gasteiger partial charge is 0.0414 e. The number of benzene rings is 2. The summed E-state index contributed by atoms with van der Waals surface area (Å²) in [6.45, 7) is 4.80.